The lowest BCUT2D eigenvalue weighted by Crippen LogP contribution is -2.02. The Morgan fingerprint density at radius 3 is 2.79 bits per heavy atom. The third-order valence-corrected chi connectivity index (χ3v) is 4.81. The van der Waals surface area contributed by atoms with Gasteiger partial charge < -0.3 is 10.5 Å². The minimum atomic E-state index is -0.367. The monoisotopic (exact) mass is 387 g/mol. The maximum Gasteiger partial charge on any atom is 0.350 e. The number of nitrogens with two attached hydrogens (primary N) is 1. The predicted octanol–water partition coefficient (Wildman–Crippen LogP) is 3.95. The van der Waals surface area contributed by atoms with Crippen molar-refractivity contribution in [2.45, 2.75) is 13.3 Å². The zero-order valence-electron chi connectivity index (χ0n) is 10.7. The van der Waals surface area contributed by atoms with E-state index in [1.165, 1.54) is 18.4 Å². The number of nitrogen functional groups attached to an aromatic ring is 1. The summed E-state index contributed by atoms with van der Waals surface area (Å²) in [5.74, 6) is -0.367. The van der Waals surface area contributed by atoms with Gasteiger partial charge in [-0.25, -0.2) is 4.79 Å². The highest BCUT2D eigenvalue weighted by molar-refractivity contribution is 14.1. The fraction of sp³-hybridized carbons (Fsp3) is 0.214. The second-order valence-electron chi connectivity index (χ2n) is 4.01. The van der Waals surface area contributed by atoms with Gasteiger partial charge in [-0.15, -0.1) is 11.3 Å². The van der Waals surface area contributed by atoms with Crippen molar-refractivity contribution in [2.75, 3.05) is 12.8 Å². The molecule has 1 aromatic carbocycles. The molecular formula is C14H14INO2S. The van der Waals surface area contributed by atoms with E-state index >= 15 is 0 Å². The smallest absolute Gasteiger partial charge is 0.350 e. The fourth-order valence-electron chi connectivity index (χ4n) is 1.94. The van der Waals surface area contributed by atoms with Crippen molar-refractivity contribution in [3.05, 3.63) is 38.3 Å². The van der Waals surface area contributed by atoms with Gasteiger partial charge >= 0.3 is 5.97 Å². The van der Waals surface area contributed by atoms with Crippen LogP contribution in [-0.4, -0.2) is 13.1 Å². The molecule has 1 aromatic heterocycles. The zero-order valence-corrected chi connectivity index (χ0v) is 13.7. The predicted molar refractivity (Wildman–Crippen MR) is 87.6 cm³/mol. The molecule has 2 aromatic rings. The first-order chi connectivity index (χ1) is 9.08. The van der Waals surface area contributed by atoms with Crippen LogP contribution in [-0.2, 0) is 11.2 Å². The maximum atomic E-state index is 11.7. The van der Waals surface area contributed by atoms with Gasteiger partial charge in [0.05, 0.1) is 12.8 Å². The third-order valence-electron chi connectivity index (χ3n) is 2.86. The molecule has 0 radical (unpaired) electrons. The molecule has 0 bridgehead atoms. The second-order valence-corrected chi connectivity index (χ2v) is 6.27. The summed E-state index contributed by atoms with van der Waals surface area (Å²) >= 11 is 3.68. The number of carbonyl (C=O) groups excluding carboxylic acids is 1. The Kier molecular flexibility index (Phi) is 4.46. The number of ether oxygens (including phenoxy) is 1. The summed E-state index contributed by atoms with van der Waals surface area (Å²) in [5.41, 5.74) is 8.74. The Morgan fingerprint density at radius 1 is 1.47 bits per heavy atom. The molecule has 0 fully saturated rings. The van der Waals surface area contributed by atoms with Gasteiger partial charge in [0.1, 0.15) is 4.88 Å². The largest absolute Gasteiger partial charge is 0.465 e. The molecule has 100 valence electrons. The van der Waals surface area contributed by atoms with E-state index in [2.05, 4.69) is 28.7 Å². The highest BCUT2D eigenvalue weighted by Crippen LogP contribution is 2.39. The van der Waals surface area contributed by atoms with Crippen LogP contribution in [0.1, 0.15) is 22.2 Å². The van der Waals surface area contributed by atoms with Crippen molar-refractivity contribution in [3.63, 3.8) is 0 Å². The summed E-state index contributed by atoms with van der Waals surface area (Å²) in [6, 6.07) is 8.16. The number of rotatable bonds is 3. The first-order valence-corrected chi connectivity index (χ1v) is 7.73. The standard InChI is InChI=1S/C14H14INO2S/c1-3-10-11(16)13(14(17)18-2)19-12(10)8-5-4-6-9(15)7-8/h4-7H,3,16H2,1-2H3. The van der Waals surface area contributed by atoms with Gasteiger partial charge in [0.15, 0.2) is 0 Å². The number of benzene rings is 1. The van der Waals surface area contributed by atoms with Gasteiger partial charge in [-0.05, 0) is 52.3 Å². The molecule has 0 aliphatic rings. The molecule has 0 saturated carbocycles. The molecular weight excluding hydrogens is 373 g/mol. The van der Waals surface area contributed by atoms with Crippen LogP contribution in [0.4, 0.5) is 5.69 Å². The Hall–Kier alpha value is -1.08. The van der Waals surface area contributed by atoms with Crippen molar-refractivity contribution in [1.82, 2.24) is 0 Å². The summed E-state index contributed by atoms with van der Waals surface area (Å²) < 4.78 is 5.94. The number of hydrogen-bond acceptors (Lipinski definition) is 4. The summed E-state index contributed by atoms with van der Waals surface area (Å²) in [6.45, 7) is 2.04. The minimum Gasteiger partial charge on any atom is -0.465 e. The van der Waals surface area contributed by atoms with E-state index in [1.54, 1.807) is 0 Å². The fourth-order valence-corrected chi connectivity index (χ4v) is 3.71. The van der Waals surface area contributed by atoms with Crippen molar-refractivity contribution in [2.24, 2.45) is 0 Å². The normalized spacial score (nSPS) is 10.5. The van der Waals surface area contributed by atoms with Gasteiger partial charge in [0.25, 0.3) is 0 Å². The van der Waals surface area contributed by atoms with Crippen LogP contribution >= 0.6 is 33.9 Å². The number of carbonyl (C=O) groups is 1. The highest BCUT2D eigenvalue weighted by Gasteiger charge is 2.21. The van der Waals surface area contributed by atoms with Gasteiger partial charge in [0.2, 0.25) is 0 Å². The van der Waals surface area contributed by atoms with Gasteiger partial charge in [-0.3, -0.25) is 0 Å². The van der Waals surface area contributed by atoms with Crippen LogP contribution in [0.5, 0.6) is 0 Å². The summed E-state index contributed by atoms with van der Waals surface area (Å²) in [4.78, 5) is 13.3. The Bertz CT molecular complexity index is 622. The first-order valence-electron chi connectivity index (χ1n) is 5.83. The van der Waals surface area contributed by atoms with Crippen LogP contribution in [0.15, 0.2) is 24.3 Å². The van der Waals surface area contributed by atoms with E-state index in [1.807, 2.05) is 25.1 Å². The van der Waals surface area contributed by atoms with E-state index in [4.69, 9.17) is 10.5 Å². The number of anilines is 1. The third kappa shape index (κ3) is 2.76. The number of methoxy groups -OCH3 is 1. The number of esters is 1. The lowest BCUT2D eigenvalue weighted by atomic mass is 10.1. The molecule has 3 nitrogen and oxygen atoms in total. The minimum absolute atomic E-state index is 0.367. The number of thiophene rings is 1. The van der Waals surface area contributed by atoms with E-state index in [-0.39, 0.29) is 5.97 Å². The lowest BCUT2D eigenvalue weighted by molar-refractivity contribution is 0.0607. The summed E-state index contributed by atoms with van der Waals surface area (Å²) in [5, 5.41) is 0. The van der Waals surface area contributed by atoms with Crippen LogP contribution in [0.25, 0.3) is 10.4 Å². The molecule has 0 atom stereocenters. The van der Waals surface area contributed by atoms with E-state index in [0.29, 0.717) is 10.6 Å². The van der Waals surface area contributed by atoms with E-state index in [9.17, 15) is 4.79 Å². The van der Waals surface area contributed by atoms with Crippen molar-refractivity contribution in [3.8, 4) is 10.4 Å². The first kappa shape index (κ1) is 14.3. The van der Waals surface area contributed by atoms with Gasteiger partial charge in [-0.1, -0.05) is 19.1 Å². The van der Waals surface area contributed by atoms with Crippen LogP contribution < -0.4 is 5.73 Å². The van der Waals surface area contributed by atoms with Crippen LogP contribution in [0.2, 0.25) is 0 Å². The van der Waals surface area contributed by atoms with E-state index < -0.39 is 0 Å². The van der Waals surface area contributed by atoms with Gasteiger partial charge in [-0.2, -0.15) is 0 Å². The highest BCUT2D eigenvalue weighted by atomic mass is 127. The molecule has 0 saturated heterocycles. The quantitative estimate of drug-likeness (QED) is 0.641. The van der Waals surface area contributed by atoms with Crippen molar-refractivity contribution >= 4 is 45.6 Å². The Balaban J connectivity index is 2.60. The maximum absolute atomic E-state index is 11.7. The Labute approximate surface area is 129 Å². The summed E-state index contributed by atoms with van der Waals surface area (Å²) in [7, 11) is 1.37. The topological polar surface area (TPSA) is 52.3 Å². The number of halogens is 1. The average Bonchev–Trinajstić information content (AvgIpc) is 2.75. The molecule has 0 unspecified atom stereocenters. The lowest BCUT2D eigenvalue weighted by Gasteiger charge is -2.03. The molecule has 2 rings (SSSR count). The number of hydrogen-bond donors (Lipinski definition) is 1. The molecule has 2 N–H and O–H groups in total. The Morgan fingerprint density at radius 2 is 2.21 bits per heavy atom. The van der Waals surface area contributed by atoms with Crippen LogP contribution in [0, 0.1) is 3.57 Å². The molecule has 5 heteroatoms. The molecule has 1 heterocycles. The van der Waals surface area contributed by atoms with Crippen LogP contribution in [0.3, 0.4) is 0 Å². The molecule has 19 heavy (non-hydrogen) atoms. The molecule has 0 amide bonds. The average molecular weight is 387 g/mol. The van der Waals surface area contributed by atoms with E-state index in [0.717, 1.165) is 26.0 Å². The van der Waals surface area contributed by atoms with Crippen molar-refractivity contribution in [1.29, 1.82) is 0 Å². The molecule has 0 aliphatic heterocycles. The van der Waals surface area contributed by atoms with Crippen molar-refractivity contribution < 1.29 is 9.53 Å². The zero-order chi connectivity index (χ0) is 14.0. The second kappa shape index (κ2) is 5.92. The summed E-state index contributed by atoms with van der Waals surface area (Å²) in [6.07, 6.45) is 0.792. The van der Waals surface area contributed by atoms with Gasteiger partial charge in [0, 0.05) is 8.45 Å². The SMILES string of the molecule is CCc1c(-c2cccc(I)c2)sc(C(=O)OC)c1N. The molecule has 0 aliphatic carbocycles. The molecule has 0 spiro atoms.